The molecule has 0 amide bonds. The van der Waals surface area contributed by atoms with Crippen molar-refractivity contribution in [2.24, 2.45) is 5.73 Å². The number of nitrogens with two attached hydrogens (primary N) is 1. The van der Waals surface area contributed by atoms with E-state index < -0.39 is 0 Å². The molecule has 2 atom stereocenters. The zero-order valence-electron chi connectivity index (χ0n) is 10.9. The highest BCUT2D eigenvalue weighted by Gasteiger charge is 2.28. The van der Waals surface area contributed by atoms with Crippen LogP contribution in [0.2, 0.25) is 0 Å². The molecule has 2 aromatic rings. The largest absolute Gasteiger partial charge is 0.361 e. The van der Waals surface area contributed by atoms with Gasteiger partial charge < -0.3 is 10.7 Å². The number of likely N-dealkylation sites (tertiary alicyclic amines) is 1. The summed E-state index contributed by atoms with van der Waals surface area (Å²) >= 11 is 0. The van der Waals surface area contributed by atoms with Crippen LogP contribution in [0.15, 0.2) is 30.5 Å². The van der Waals surface area contributed by atoms with Crippen LogP contribution in [-0.4, -0.2) is 29.0 Å². The SMILES string of the molecule is CC(N)C(c1c[nH]c2ccccc12)N1CCCC1. The second kappa shape index (κ2) is 4.75. The van der Waals surface area contributed by atoms with Crippen LogP contribution in [0.3, 0.4) is 0 Å². The summed E-state index contributed by atoms with van der Waals surface area (Å²) < 4.78 is 0. The van der Waals surface area contributed by atoms with Crippen molar-refractivity contribution in [2.45, 2.75) is 31.8 Å². The van der Waals surface area contributed by atoms with Crippen LogP contribution in [0.5, 0.6) is 0 Å². The molecule has 2 unspecified atom stereocenters. The van der Waals surface area contributed by atoms with Gasteiger partial charge in [0.25, 0.3) is 0 Å². The topological polar surface area (TPSA) is 45.1 Å². The maximum absolute atomic E-state index is 6.24. The van der Waals surface area contributed by atoms with Crippen molar-refractivity contribution in [3.63, 3.8) is 0 Å². The summed E-state index contributed by atoms with van der Waals surface area (Å²) in [6.45, 7) is 4.46. The first kappa shape index (κ1) is 11.8. The first-order chi connectivity index (χ1) is 8.77. The van der Waals surface area contributed by atoms with Crippen LogP contribution in [0.25, 0.3) is 10.9 Å². The third-order valence-electron chi connectivity index (χ3n) is 3.97. The number of fused-ring (bicyclic) bond motifs is 1. The van der Waals surface area contributed by atoms with Crippen LogP contribution in [0.4, 0.5) is 0 Å². The average molecular weight is 243 g/mol. The Morgan fingerprint density at radius 1 is 1.22 bits per heavy atom. The molecule has 3 N–H and O–H groups in total. The van der Waals surface area contributed by atoms with Gasteiger partial charge in [0.2, 0.25) is 0 Å². The van der Waals surface area contributed by atoms with Crippen molar-refractivity contribution in [3.8, 4) is 0 Å². The Kier molecular flexibility index (Phi) is 3.10. The number of hydrogen-bond acceptors (Lipinski definition) is 2. The van der Waals surface area contributed by atoms with Gasteiger partial charge in [0, 0.05) is 23.1 Å². The summed E-state index contributed by atoms with van der Waals surface area (Å²) in [6, 6.07) is 8.97. The Hall–Kier alpha value is -1.32. The summed E-state index contributed by atoms with van der Waals surface area (Å²) in [4.78, 5) is 5.89. The molecule has 1 fully saturated rings. The molecule has 1 saturated heterocycles. The summed E-state index contributed by atoms with van der Waals surface area (Å²) in [5.41, 5.74) is 8.80. The highest BCUT2D eigenvalue weighted by Crippen LogP contribution is 2.32. The molecule has 96 valence electrons. The number of benzene rings is 1. The maximum Gasteiger partial charge on any atom is 0.0517 e. The molecule has 1 aliphatic heterocycles. The van der Waals surface area contributed by atoms with Gasteiger partial charge in [-0.1, -0.05) is 18.2 Å². The van der Waals surface area contributed by atoms with Gasteiger partial charge in [-0.25, -0.2) is 0 Å². The Morgan fingerprint density at radius 2 is 1.94 bits per heavy atom. The van der Waals surface area contributed by atoms with Crippen LogP contribution >= 0.6 is 0 Å². The zero-order chi connectivity index (χ0) is 12.5. The summed E-state index contributed by atoms with van der Waals surface area (Å²) in [6.07, 6.45) is 4.73. The quantitative estimate of drug-likeness (QED) is 0.870. The van der Waals surface area contributed by atoms with Gasteiger partial charge in [0.05, 0.1) is 6.04 Å². The predicted molar refractivity (Wildman–Crippen MR) is 75.5 cm³/mol. The third-order valence-corrected chi connectivity index (χ3v) is 3.97. The standard InChI is InChI=1S/C15H21N3/c1-11(16)15(18-8-4-5-9-18)13-10-17-14-7-3-2-6-12(13)14/h2-3,6-7,10-11,15,17H,4-5,8-9,16H2,1H3. The van der Waals surface area contributed by atoms with Gasteiger partial charge in [0.1, 0.15) is 0 Å². The van der Waals surface area contributed by atoms with Crippen molar-refractivity contribution in [2.75, 3.05) is 13.1 Å². The number of rotatable bonds is 3. The minimum absolute atomic E-state index is 0.155. The Balaban J connectivity index is 2.03. The molecule has 18 heavy (non-hydrogen) atoms. The smallest absolute Gasteiger partial charge is 0.0517 e. The fourth-order valence-corrected chi connectivity index (χ4v) is 3.17. The molecule has 0 saturated carbocycles. The molecule has 2 heterocycles. The highest BCUT2D eigenvalue weighted by molar-refractivity contribution is 5.83. The van der Waals surface area contributed by atoms with E-state index >= 15 is 0 Å². The molecule has 1 aromatic carbocycles. The van der Waals surface area contributed by atoms with E-state index in [2.05, 4.69) is 47.3 Å². The number of aromatic nitrogens is 1. The van der Waals surface area contributed by atoms with Crippen LogP contribution in [-0.2, 0) is 0 Å². The van der Waals surface area contributed by atoms with Gasteiger partial charge >= 0.3 is 0 Å². The molecule has 0 spiro atoms. The number of nitrogens with one attached hydrogen (secondary N) is 1. The van der Waals surface area contributed by atoms with E-state index in [0.29, 0.717) is 6.04 Å². The van der Waals surface area contributed by atoms with E-state index in [1.165, 1.54) is 42.4 Å². The van der Waals surface area contributed by atoms with Crippen molar-refractivity contribution < 1.29 is 0 Å². The minimum atomic E-state index is 0.155. The lowest BCUT2D eigenvalue weighted by molar-refractivity contribution is 0.220. The molecule has 0 aliphatic carbocycles. The molecular formula is C15H21N3. The lowest BCUT2D eigenvalue weighted by Crippen LogP contribution is -2.37. The second-order valence-corrected chi connectivity index (χ2v) is 5.34. The van der Waals surface area contributed by atoms with E-state index in [4.69, 9.17) is 5.73 Å². The maximum atomic E-state index is 6.24. The molecule has 0 bridgehead atoms. The summed E-state index contributed by atoms with van der Waals surface area (Å²) in [5, 5.41) is 1.31. The van der Waals surface area contributed by atoms with Crippen molar-refractivity contribution in [1.29, 1.82) is 0 Å². The van der Waals surface area contributed by atoms with Gasteiger partial charge in [-0.05, 0) is 44.5 Å². The molecule has 3 rings (SSSR count). The average Bonchev–Trinajstić information content (AvgIpc) is 3.00. The molecule has 3 nitrogen and oxygen atoms in total. The first-order valence-electron chi connectivity index (χ1n) is 6.83. The van der Waals surface area contributed by atoms with Gasteiger partial charge in [-0.15, -0.1) is 0 Å². The highest BCUT2D eigenvalue weighted by atomic mass is 15.2. The Bertz CT molecular complexity index is 523. The molecule has 1 aliphatic rings. The van der Waals surface area contributed by atoms with Gasteiger partial charge in [0.15, 0.2) is 0 Å². The second-order valence-electron chi connectivity index (χ2n) is 5.34. The van der Waals surface area contributed by atoms with Crippen LogP contribution in [0.1, 0.15) is 31.4 Å². The summed E-state index contributed by atoms with van der Waals surface area (Å²) in [5.74, 6) is 0. The minimum Gasteiger partial charge on any atom is -0.361 e. The third kappa shape index (κ3) is 1.93. The number of hydrogen-bond donors (Lipinski definition) is 2. The Labute approximate surface area is 108 Å². The van der Waals surface area contributed by atoms with E-state index in [-0.39, 0.29) is 6.04 Å². The van der Waals surface area contributed by atoms with E-state index in [0.717, 1.165) is 0 Å². The van der Waals surface area contributed by atoms with E-state index in [9.17, 15) is 0 Å². The van der Waals surface area contributed by atoms with Crippen molar-refractivity contribution in [1.82, 2.24) is 9.88 Å². The number of H-pyrrole nitrogens is 1. The number of nitrogens with zero attached hydrogens (tertiary/aromatic N) is 1. The van der Waals surface area contributed by atoms with Crippen molar-refractivity contribution >= 4 is 10.9 Å². The van der Waals surface area contributed by atoms with E-state index in [1.807, 2.05) is 0 Å². The Morgan fingerprint density at radius 3 is 2.67 bits per heavy atom. The monoisotopic (exact) mass is 243 g/mol. The number of aromatic amines is 1. The molecule has 1 aromatic heterocycles. The fraction of sp³-hybridized carbons (Fsp3) is 0.467. The van der Waals surface area contributed by atoms with Gasteiger partial charge in [-0.3, -0.25) is 4.90 Å². The molecular weight excluding hydrogens is 222 g/mol. The van der Waals surface area contributed by atoms with Gasteiger partial charge in [-0.2, -0.15) is 0 Å². The lowest BCUT2D eigenvalue weighted by Gasteiger charge is -2.30. The predicted octanol–water partition coefficient (Wildman–Crippen LogP) is 2.65. The molecule has 0 radical (unpaired) electrons. The fourth-order valence-electron chi connectivity index (χ4n) is 3.17. The van der Waals surface area contributed by atoms with Crippen molar-refractivity contribution in [3.05, 3.63) is 36.0 Å². The number of para-hydroxylation sites is 1. The lowest BCUT2D eigenvalue weighted by atomic mass is 9.99. The normalized spacial score (nSPS) is 20.3. The zero-order valence-corrected chi connectivity index (χ0v) is 10.9. The van der Waals surface area contributed by atoms with Crippen LogP contribution < -0.4 is 5.73 Å². The summed E-state index contributed by atoms with van der Waals surface area (Å²) in [7, 11) is 0. The molecule has 3 heteroatoms. The van der Waals surface area contributed by atoms with E-state index in [1.54, 1.807) is 0 Å². The van der Waals surface area contributed by atoms with Crippen LogP contribution in [0, 0.1) is 0 Å². The first-order valence-corrected chi connectivity index (χ1v) is 6.83.